The van der Waals surface area contributed by atoms with Crippen molar-refractivity contribution in [2.45, 2.75) is 6.54 Å². The van der Waals surface area contributed by atoms with Gasteiger partial charge in [0.05, 0.1) is 5.52 Å². The topological polar surface area (TPSA) is 30.9 Å². The molecular formula is C15H15ClN2. The molecule has 3 heteroatoms. The first-order valence-corrected chi connectivity index (χ1v) is 5.72. The van der Waals surface area contributed by atoms with E-state index >= 15 is 0 Å². The minimum absolute atomic E-state index is 0. The van der Waals surface area contributed by atoms with Crippen molar-refractivity contribution in [2.24, 2.45) is 0 Å². The number of rotatable bonds is 2. The number of hydrogen-bond donors (Lipinski definition) is 1. The van der Waals surface area contributed by atoms with Crippen LogP contribution < -0.4 is 5.73 Å². The third-order valence-corrected chi connectivity index (χ3v) is 3.03. The second kappa shape index (κ2) is 5.15. The van der Waals surface area contributed by atoms with Gasteiger partial charge in [-0.3, -0.25) is 0 Å². The molecule has 2 aromatic carbocycles. The lowest BCUT2D eigenvalue weighted by atomic mass is 10.2. The predicted molar refractivity (Wildman–Crippen MR) is 79.1 cm³/mol. The van der Waals surface area contributed by atoms with Gasteiger partial charge in [-0.15, -0.1) is 12.4 Å². The predicted octanol–water partition coefficient (Wildman–Crippen LogP) is 3.69. The number of nitrogen functional groups attached to an aromatic ring is 1. The number of anilines is 1. The molecule has 92 valence electrons. The van der Waals surface area contributed by atoms with Crippen LogP contribution in [0.2, 0.25) is 0 Å². The first-order chi connectivity index (χ1) is 8.34. The van der Waals surface area contributed by atoms with Crippen LogP contribution in [0, 0.1) is 0 Å². The summed E-state index contributed by atoms with van der Waals surface area (Å²) in [6.07, 6.45) is 0. The van der Waals surface area contributed by atoms with Crippen LogP contribution in [0.5, 0.6) is 0 Å². The van der Waals surface area contributed by atoms with Gasteiger partial charge in [-0.25, -0.2) is 0 Å². The molecule has 0 unspecified atom stereocenters. The molecule has 0 radical (unpaired) electrons. The average Bonchev–Trinajstić information content (AvgIpc) is 2.68. The van der Waals surface area contributed by atoms with Crippen LogP contribution >= 0.6 is 12.4 Å². The standard InChI is InChI=1S/C15H14N2.ClH/c16-15-10-13-8-4-5-9-14(13)17(15)11-12-6-2-1-3-7-12;/h1-10H,11,16H2;1H. The van der Waals surface area contributed by atoms with Crippen LogP contribution in [0.25, 0.3) is 10.9 Å². The highest BCUT2D eigenvalue weighted by atomic mass is 35.5. The van der Waals surface area contributed by atoms with Crippen molar-refractivity contribution in [3.63, 3.8) is 0 Å². The second-order valence-corrected chi connectivity index (χ2v) is 4.20. The number of hydrogen-bond acceptors (Lipinski definition) is 1. The maximum atomic E-state index is 6.06. The highest BCUT2D eigenvalue weighted by Gasteiger charge is 2.05. The van der Waals surface area contributed by atoms with E-state index in [2.05, 4.69) is 41.0 Å². The van der Waals surface area contributed by atoms with Gasteiger partial charge in [0.15, 0.2) is 0 Å². The van der Waals surface area contributed by atoms with Gasteiger partial charge >= 0.3 is 0 Å². The summed E-state index contributed by atoms with van der Waals surface area (Å²) >= 11 is 0. The average molecular weight is 259 g/mol. The molecule has 0 amide bonds. The third-order valence-electron chi connectivity index (χ3n) is 3.03. The fraction of sp³-hybridized carbons (Fsp3) is 0.0667. The van der Waals surface area contributed by atoms with Crippen LogP contribution in [0.15, 0.2) is 60.7 Å². The number of nitrogens with zero attached hydrogens (tertiary/aromatic N) is 1. The van der Waals surface area contributed by atoms with E-state index in [0.717, 1.165) is 12.4 Å². The van der Waals surface area contributed by atoms with Crippen LogP contribution in [-0.2, 0) is 6.54 Å². The Hall–Kier alpha value is -1.93. The molecule has 0 aliphatic rings. The van der Waals surface area contributed by atoms with Gasteiger partial charge in [0.1, 0.15) is 5.82 Å². The first kappa shape index (κ1) is 12.5. The fourth-order valence-electron chi connectivity index (χ4n) is 2.17. The lowest BCUT2D eigenvalue weighted by molar-refractivity contribution is 0.848. The van der Waals surface area contributed by atoms with E-state index in [1.165, 1.54) is 16.5 Å². The number of fused-ring (bicyclic) bond motifs is 1. The minimum atomic E-state index is 0. The molecule has 0 atom stereocenters. The van der Waals surface area contributed by atoms with Crippen LogP contribution in [-0.4, -0.2) is 4.57 Å². The molecule has 18 heavy (non-hydrogen) atoms. The zero-order valence-corrected chi connectivity index (χ0v) is 10.7. The van der Waals surface area contributed by atoms with Crippen molar-refractivity contribution >= 4 is 29.1 Å². The van der Waals surface area contributed by atoms with E-state index in [-0.39, 0.29) is 12.4 Å². The highest BCUT2D eigenvalue weighted by Crippen LogP contribution is 2.22. The van der Waals surface area contributed by atoms with E-state index in [1.807, 2.05) is 24.3 Å². The molecule has 0 spiro atoms. The third kappa shape index (κ3) is 2.20. The van der Waals surface area contributed by atoms with Crippen molar-refractivity contribution in [3.8, 4) is 0 Å². The molecule has 0 aliphatic heterocycles. The molecular weight excluding hydrogens is 244 g/mol. The summed E-state index contributed by atoms with van der Waals surface area (Å²) in [5.74, 6) is 0.815. The van der Waals surface area contributed by atoms with Crippen molar-refractivity contribution in [1.82, 2.24) is 4.57 Å². The zero-order chi connectivity index (χ0) is 11.7. The van der Waals surface area contributed by atoms with Gasteiger partial charge in [-0.05, 0) is 17.7 Å². The Kier molecular flexibility index (Phi) is 3.58. The summed E-state index contributed by atoms with van der Waals surface area (Å²) < 4.78 is 2.14. The van der Waals surface area contributed by atoms with Gasteiger partial charge in [-0.2, -0.15) is 0 Å². The molecule has 0 saturated heterocycles. The van der Waals surface area contributed by atoms with E-state index in [9.17, 15) is 0 Å². The Bertz CT molecular complexity index is 644. The van der Waals surface area contributed by atoms with E-state index in [0.29, 0.717) is 0 Å². The molecule has 1 aromatic heterocycles. The Morgan fingerprint density at radius 2 is 1.56 bits per heavy atom. The number of benzene rings is 2. The van der Waals surface area contributed by atoms with Crippen molar-refractivity contribution in [1.29, 1.82) is 0 Å². The largest absolute Gasteiger partial charge is 0.385 e. The monoisotopic (exact) mass is 258 g/mol. The van der Waals surface area contributed by atoms with Gasteiger partial charge in [0.2, 0.25) is 0 Å². The quantitative estimate of drug-likeness (QED) is 0.747. The molecule has 3 aromatic rings. The second-order valence-electron chi connectivity index (χ2n) is 4.20. The van der Waals surface area contributed by atoms with E-state index in [4.69, 9.17) is 5.73 Å². The van der Waals surface area contributed by atoms with Gasteiger partial charge in [0, 0.05) is 11.9 Å². The molecule has 0 saturated carbocycles. The lowest BCUT2D eigenvalue weighted by Gasteiger charge is -2.07. The highest BCUT2D eigenvalue weighted by molar-refractivity contribution is 5.85. The Morgan fingerprint density at radius 1 is 0.889 bits per heavy atom. The summed E-state index contributed by atoms with van der Waals surface area (Å²) in [7, 11) is 0. The molecule has 2 nitrogen and oxygen atoms in total. The molecule has 1 heterocycles. The summed E-state index contributed by atoms with van der Waals surface area (Å²) in [6, 6.07) is 20.7. The maximum Gasteiger partial charge on any atom is 0.104 e. The molecule has 3 rings (SSSR count). The number of nitrogens with two attached hydrogens (primary N) is 1. The van der Waals surface area contributed by atoms with Gasteiger partial charge in [-0.1, -0.05) is 48.5 Å². The van der Waals surface area contributed by atoms with Gasteiger partial charge in [0.25, 0.3) is 0 Å². The smallest absolute Gasteiger partial charge is 0.104 e. The summed E-state index contributed by atoms with van der Waals surface area (Å²) in [6.45, 7) is 0.820. The van der Waals surface area contributed by atoms with Gasteiger partial charge < -0.3 is 10.3 Å². The van der Waals surface area contributed by atoms with Crippen LogP contribution in [0.1, 0.15) is 5.56 Å². The van der Waals surface area contributed by atoms with Crippen LogP contribution in [0.4, 0.5) is 5.82 Å². The Balaban J connectivity index is 0.00000120. The molecule has 0 aliphatic carbocycles. The lowest BCUT2D eigenvalue weighted by Crippen LogP contribution is -2.03. The number of para-hydroxylation sites is 1. The normalized spacial score (nSPS) is 10.2. The minimum Gasteiger partial charge on any atom is -0.385 e. The van der Waals surface area contributed by atoms with E-state index in [1.54, 1.807) is 0 Å². The Morgan fingerprint density at radius 3 is 2.33 bits per heavy atom. The van der Waals surface area contributed by atoms with E-state index < -0.39 is 0 Å². The van der Waals surface area contributed by atoms with Crippen molar-refractivity contribution in [3.05, 3.63) is 66.2 Å². The number of halogens is 1. The molecule has 2 N–H and O–H groups in total. The maximum absolute atomic E-state index is 6.06. The SMILES string of the molecule is Cl.Nc1cc2ccccc2n1Cc1ccccc1. The van der Waals surface area contributed by atoms with Crippen molar-refractivity contribution < 1.29 is 0 Å². The first-order valence-electron chi connectivity index (χ1n) is 5.72. The van der Waals surface area contributed by atoms with Crippen LogP contribution in [0.3, 0.4) is 0 Å². The van der Waals surface area contributed by atoms with Crippen molar-refractivity contribution in [2.75, 3.05) is 5.73 Å². The molecule has 0 bridgehead atoms. The summed E-state index contributed by atoms with van der Waals surface area (Å²) in [4.78, 5) is 0. The molecule has 0 fully saturated rings. The summed E-state index contributed by atoms with van der Waals surface area (Å²) in [5.41, 5.74) is 8.52. The zero-order valence-electron chi connectivity index (χ0n) is 9.91. The summed E-state index contributed by atoms with van der Waals surface area (Å²) in [5, 5.41) is 1.20. The number of aromatic nitrogens is 1. The Labute approximate surface area is 112 Å². The fourth-order valence-corrected chi connectivity index (χ4v) is 2.17.